The highest BCUT2D eigenvalue weighted by atomic mass is 32.2. The molecule has 0 saturated carbocycles. The van der Waals surface area contributed by atoms with Gasteiger partial charge in [-0.05, 0) is 18.6 Å². The second-order valence-electron chi connectivity index (χ2n) is 4.90. The highest BCUT2D eigenvalue weighted by Gasteiger charge is 2.46. The molecule has 0 radical (unpaired) electrons. The SMILES string of the molecule is CCC[C@H]1COC(=O)C1S(=O)(=O)c1ccc([N+](=O)[O-])cc1. The topological polar surface area (TPSA) is 104 Å². The van der Waals surface area contributed by atoms with Crippen LogP contribution in [0.4, 0.5) is 5.69 Å². The van der Waals surface area contributed by atoms with Gasteiger partial charge in [0.2, 0.25) is 0 Å². The molecule has 0 N–H and O–H groups in total. The molecular formula is C13H15NO6S. The number of sulfone groups is 1. The van der Waals surface area contributed by atoms with E-state index in [-0.39, 0.29) is 23.1 Å². The molecule has 0 spiro atoms. The van der Waals surface area contributed by atoms with E-state index in [1.165, 1.54) is 0 Å². The minimum atomic E-state index is -3.90. The van der Waals surface area contributed by atoms with Crippen molar-refractivity contribution in [2.75, 3.05) is 6.61 Å². The number of rotatable bonds is 5. The van der Waals surface area contributed by atoms with E-state index in [0.29, 0.717) is 6.42 Å². The van der Waals surface area contributed by atoms with Gasteiger partial charge in [0.1, 0.15) is 0 Å². The van der Waals surface area contributed by atoms with E-state index in [1.54, 1.807) is 0 Å². The van der Waals surface area contributed by atoms with Gasteiger partial charge in [-0.1, -0.05) is 13.3 Å². The molecule has 8 heteroatoms. The Morgan fingerprint density at radius 3 is 2.48 bits per heavy atom. The average Bonchev–Trinajstić information content (AvgIpc) is 2.81. The monoisotopic (exact) mass is 313 g/mol. The maximum absolute atomic E-state index is 12.5. The van der Waals surface area contributed by atoms with E-state index in [2.05, 4.69) is 0 Å². The molecule has 1 aromatic carbocycles. The predicted octanol–water partition coefficient (Wildman–Crippen LogP) is 1.71. The lowest BCUT2D eigenvalue weighted by Gasteiger charge is -2.15. The number of carbonyl (C=O) groups is 1. The summed E-state index contributed by atoms with van der Waals surface area (Å²) in [7, 11) is -3.90. The molecule has 2 rings (SSSR count). The van der Waals surface area contributed by atoms with Crippen LogP contribution >= 0.6 is 0 Å². The van der Waals surface area contributed by atoms with Crippen LogP contribution in [0.1, 0.15) is 19.8 Å². The molecule has 1 heterocycles. The second kappa shape index (κ2) is 5.80. The Bertz CT molecular complexity index is 652. The van der Waals surface area contributed by atoms with Gasteiger partial charge in [-0.2, -0.15) is 0 Å². The summed E-state index contributed by atoms with van der Waals surface area (Å²) in [4.78, 5) is 21.6. The zero-order valence-corrected chi connectivity index (χ0v) is 12.2. The van der Waals surface area contributed by atoms with Crippen molar-refractivity contribution in [2.45, 2.75) is 29.9 Å². The van der Waals surface area contributed by atoms with Crippen molar-refractivity contribution in [3.05, 3.63) is 34.4 Å². The number of hydrogen-bond acceptors (Lipinski definition) is 6. The molecule has 2 atom stereocenters. The summed E-state index contributed by atoms with van der Waals surface area (Å²) >= 11 is 0. The Labute approximate surface area is 122 Å². The number of ether oxygens (including phenoxy) is 1. The van der Waals surface area contributed by atoms with Crippen LogP contribution < -0.4 is 0 Å². The maximum Gasteiger partial charge on any atom is 0.325 e. The van der Waals surface area contributed by atoms with Crippen molar-refractivity contribution in [3.63, 3.8) is 0 Å². The van der Waals surface area contributed by atoms with Crippen LogP contribution in [0.25, 0.3) is 0 Å². The predicted molar refractivity (Wildman–Crippen MR) is 73.4 cm³/mol. The van der Waals surface area contributed by atoms with Gasteiger partial charge in [-0.15, -0.1) is 0 Å². The molecule has 1 aromatic rings. The molecule has 0 aliphatic carbocycles. The van der Waals surface area contributed by atoms with E-state index in [1.807, 2.05) is 6.92 Å². The molecule has 1 unspecified atom stereocenters. The summed E-state index contributed by atoms with van der Waals surface area (Å²) < 4.78 is 30.0. The zero-order valence-electron chi connectivity index (χ0n) is 11.4. The summed E-state index contributed by atoms with van der Waals surface area (Å²) in [6, 6.07) is 4.54. The third-order valence-electron chi connectivity index (χ3n) is 3.47. The second-order valence-corrected chi connectivity index (χ2v) is 6.96. The first-order valence-corrected chi connectivity index (χ1v) is 8.07. The fraction of sp³-hybridized carbons (Fsp3) is 0.462. The van der Waals surface area contributed by atoms with Gasteiger partial charge in [-0.3, -0.25) is 14.9 Å². The molecule has 0 aromatic heterocycles. The van der Waals surface area contributed by atoms with Crippen molar-refractivity contribution in [2.24, 2.45) is 5.92 Å². The number of cyclic esters (lactones) is 1. The van der Waals surface area contributed by atoms with Crippen LogP contribution in [0.2, 0.25) is 0 Å². The Kier molecular flexibility index (Phi) is 4.26. The first-order chi connectivity index (χ1) is 9.87. The lowest BCUT2D eigenvalue weighted by molar-refractivity contribution is -0.384. The minimum absolute atomic E-state index is 0.0990. The van der Waals surface area contributed by atoms with Crippen molar-refractivity contribution >= 4 is 21.5 Å². The number of nitro groups is 1. The van der Waals surface area contributed by atoms with E-state index in [4.69, 9.17) is 4.74 Å². The molecule has 1 fully saturated rings. The zero-order chi connectivity index (χ0) is 15.6. The lowest BCUT2D eigenvalue weighted by Crippen LogP contribution is -2.32. The van der Waals surface area contributed by atoms with E-state index < -0.39 is 26.0 Å². The third kappa shape index (κ3) is 2.90. The van der Waals surface area contributed by atoms with Crippen molar-refractivity contribution in [1.82, 2.24) is 0 Å². The van der Waals surface area contributed by atoms with Crippen LogP contribution in [0.15, 0.2) is 29.2 Å². The van der Waals surface area contributed by atoms with E-state index >= 15 is 0 Å². The Morgan fingerprint density at radius 2 is 1.95 bits per heavy atom. The molecule has 1 aliphatic heterocycles. The van der Waals surface area contributed by atoms with Crippen molar-refractivity contribution < 1.29 is 22.9 Å². The third-order valence-corrected chi connectivity index (χ3v) is 5.65. The highest BCUT2D eigenvalue weighted by Crippen LogP contribution is 2.31. The van der Waals surface area contributed by atoms with Gasteiger partial charge in [0, 0.05) is 18.1 Å². The first kappa shape index (κ1) is 15.4. The van der Waals surface area contributed by atoms with Crippen LogP contribution in [-0.2, 0) is 19.4 Å². The summed E-state index contributed by atoms with van der Waals surface area (Å²) in [6.45, 7) is 2.00. The number of carbonyl (C=O) groups excluding carboxylic acids is 1. The maximum atomic E-state index is 12.5. The molecule has 1 aliphatic rings. The van der Waals surface area contributed by atoms with Crippen LogP contribution in [0, 0.1) is 16.0 Å². The van der Waals surface area contributed by atoms with E-state index in [0.717, 1.165) is 30.7 Å². The Hall–Kier alpha value is -1.96. The van der Waals surface area contributed by atoms with Crippen molar-refractivity contribution in [1.29, 1.82) is 0 Å². The van der Waals surface area contributed by atoms with Gasteiger partial charge in [0.25, 0.3) is 5.69 Å². The molecule has 0 bridgehead atoms. The van der Waals surface area contributed by atoms with Crippen molar-refractivity contribution in [3.8, 4) is 0 Å². The standard InChI is InChI=1S/C13H15NO6S/c1-2-3-9-8-20-13(15)12(9)21(18,19)11-6-4-10(5-7-11)14(16)17/h4-7,9,12H,2-3,8H2,1H3/t9-,12?/m0/s1. The summed E-state index contributed by atoms with van der Waals surface area (Å²) in [5.74, 6) is -1.12. The Balaban J connectivity index is 2.36. The fourth-order valence-electron chi connectivity index (χ4n) is 2.44. The van der Waals surface area contributed by atoms with Gasteiger partial charge >= 0.3 is 5.97 Å². The number of nitro benzene ring substituents is 1. The largest absolute Gasteiger partial charge is 0.464 e. The Morgan fingerprint density at radius 1 is 1.33 bits per heavy atom. The molecule has 1 saturated heterocycles. The quantitative estimate of drug-likeness (QED) is 0.465. The highest BCUT2D eigenvalue weighted by molar-refractivity contribution is 7.92. The molecule has 0 amide bonds. The van der Waals surface area contributed by atoms with Crippen LogP contribution in [0.5, 0.6) is 0 Å². The van der Waals surface area contributed by atoms with Gasteiger partial charge in [-0.25, -0.2) is 8.42 Å². The average molecular weight is 313 g/mol. The lowest BCUT2D eigenvalue weighted by atomic mass is 10.0. The number of nitrogens with zero attached hydrogens (tertiary/aromatic N) is 1. The molecule has 21 heavy (non-hydrogen) atoms. The van der Waals surface area contributed by atoms with Gasteiger partial charge < -0.3 is 4.74 Å². The molecular weight excluding hydrogens is 298 g/mol. The number of esters is 1. The first-order valence-electron chi connectivity index (χ1n) is 6.53. The summed E-state index contributed by atoms with van der Waals surface area (Å²) in [6.07, 6.45) is 1.32. The van der Waals surface area contributed by atoms with Crippen LogP contribution in [0.3, 0.4) is 0 Å². The van der Waals surface area contributed by atoms with Gasteiger partial charge in [0.05, 0.1) is 16.4 Å². The number of non-ortho nitro benzene ring substituents is 1. The number of hydrogen-bond donors (Lipinski definition) is 0. The van der Waals surface area contributed by atoms with E-state index in [9.17, 15) is 23.3 Å². The number of benzene rings is 1. The molecule has 7 nitrogen and oxygen atoms in total. The van der Waals surface area contributed by atoms with Crippen LogP contribution in [-0.4, -0.2) is 31.2 Å². The van der Waals surface area contributed by atoms with Gasteiger partial charge in [0.15, 0.2) is 15.1 Å². The normalized spacial score (nSPS) is 22.0. The molecule has 114 valence electrons. The minimum Gasteiger partial charge on any atom is -0.464 e. The summed E-state index contributed by atoms with van der Waals surface area (Å²) in [5, 5.41) is 9.37. The summed E-state index contributed by atoms with van der Waals surface area (Å²) in [5.41, 5.74) is -0.201. The smallest absolute Gasteiger partial charge is 0.325 e. The fourth-order valence-corrected chi connectivity index (χ4v) is 4.29.